The van der Waals surface area contributed by atoms with E-state index in [-0.39, 0.29) is 6.42 Å². The molecule has 0 N–H and O–H groups in total. The molecule has 1 rings (SSSR count). The van der Waals surface area contributed by atoms with Gasteiger partial charge in [-0.2, -0.15) is 0 Å². The average molecular weight is 257 g/mol. The first-order chi connectivity index (χ1) is 8.02. The molecule has 0 aromatic heterocycles. The largest absolute Gasteiger partial charge is 0.469 e. The highest BCUT2D eigenvalue weighted by atomic mass is 35.5. The Balaban J connectivity index is 2.85. The summed E-state index contributed by atoms with van der Waals surface area (Å²) in [5.74, 6) is -0.889. The van der Waals surface area contributed by atoms with Gasteiger partial charge in [-0.15, -0.1) is 0 Å². The maximum atomic E-state index is 11.2. The minimum absolute atomic E-state index is 0.0162. The third-order valence-electron chi connectivity index (χ3n) is 2.13. The molecule has 0 saturated carbocycles. The van der Waals surface area contributed by atoms with Crippen LogP contribution in [0.15, 0.2) is 24.3 Å². The molecule has 0 amide bonds. The molecule has 0 spiro atoms. The van der Waals surface area contributed by atoms with Crippen LogP contribution < -0.4 is 0 Å². The maximum absolute atomic E-state index is 11.2. The standard InChI is InChI=1S/C12H13ClO4/c1-8(14)17-11(7-12(15)16-2)9-3-5-10(13)6-4-9/h3-6,11H,7H2,1-2H3. The highest BCUT2D eigenvalue weighted by Gasteiger charge is 2.19. The Morgan fingerprint density at radius 2 is 1.88 bits per heavy atom. The lowest BCUT2D eigenvalue weighted by Crippen LogP contribution is -2.14. The smallest absolute Gasteiger partial charge is 0.309 e. The van der Waals surface area contributed by atoms with Gasteiger partial charge >= 0.3 is 11.9 Å². The van der Waals surface area contributed by atoms with Crippen molar-refractivity contribution in [2.75, 3.05) is 7.11 Å². The van der Waals surface area contributed by atoms with Crippen molar-refractivity contribution in [3.63, 3.8) is 0 Å². The van der Waals surface area contributed by atoms with Crippen molar-refractivity contribution in [1.29, 1.82) is 0 Å². The van der Waals surface area contributed by atoms with Crippen LogP contribution in [0.5, 0.6) is 0 Å². The van der Waals surface area contributed by atoms with Gasteiger partial charge in [0, 0.05) is 11.9 Å². The molecule has 4 nitrogen and oxygen atoms in total. The molecule has 1 aromatic carbocycles. The number of ether oxygens (including phenoxy) is 2. The maximum Gasteiger partial charge on any atom is 0.309 e. The van der Waals surface area contributed by atoms with Crippen molar-refractivity contribution < 1.29 is 19.1 Å². The number of hydrogen-bond acceptors (Lipinski definition) is 4. The molecule has 0 fully saturated rings. The van der Waals surface area contributed by atoms with E-state index in [1.807, 2.05) is 0 Å². The molecule has 1 aromatic rings. The van der Waals surface area contributed by atoms with Crippen molar-refractivity contribution >= 4 is 23.5 Å². The van der Waals surface area contributed by atoms with Gasteiger partial charge in [-0.3, -0.25) is 9.59 Å². The number of carbonyl (C=O) groups is 2. The number of benzene rings is 1. The van der Waals surface area contributed by atoms with E-state index in [0.717, 1.165) is 0 Å². The van der Waals surface area contributed by atoms with Crippen LogP contribution >= 0.6 is 11.6 Å². The molecular formula is C12H13ClO4. The summed E-state index contributed by atoms with van der Waals surface area (Å²) in [6.07, 6.45) is -0.658. The van der Waals surface area contributed by atoms with Gasteiger partial charge in [0.2, 0.25) is 0 Å². The van der Waals surface area contributed by atoms with Gasteiger partial charge in [-0.05, 0) is 17.7 Å². The van der Waals surface area contributed by atoms with E-state index in [1.165, 1.54) is 14.0 Å². The summed E-state index contributed by atoms with van der Waals surface area (Å²) >= 11 is 5.76. The molecule has 0 bridgehead atoms. The lowest BCUT2D eigenvalue weighted by atomic mass is 10.1. The van der Waals surface area contributed by atoms with Gasteiger partial charge in [0.15, 0.2) is 0 Å². The summed E-state index contributed by atoms with van der Waals surface area (Å²) in [6, 6.07) is 6.76. The predicted molar refractivity (Wildman–Crippen MR) is 62.6 cm³/mol. The second-order valence-corrected chi connectivity index (χ2v) is 3.87. The molecule has 5 heteroatoms. The van der Waals surface area contributed by atoms with Crippen LogP contribution in [0.2, 0.25) is 5.02 Å². The van der Waals surface area contributed by atoms with Gasteiger partial charge in [0.05, 0.1) is 13.5 Å². The zero-order valence-electron chi connectivity index (χ0n) is 9.60. The summed E-state index contributed by atoms with van der Waals surface area (Å²) < 4.78 is 9.62. The number of rotatable bonds is 4. The molecule has 0 aliphatic rings. The first-order valence-electron chi connectivity index (χ1n) is 5.02. The third kappa shape index (κ3) is 4.44. The molecule has 0 aliphatic heterocycles. The van der Waals surface area contributed by atoms with Crippen molar-refractivity contribution in [3.05, 3.63) is 34.9 Å². The molecule has 0 aliphatic carbocycles. The van der Waals surface area contributed by atoms with Gasteiger partial charge in [0.25, 0.3) is 0 Å². The Labute approximate surface area is 104 Å². The van der Waals surface area contributed by atoms with E-state index in [1.54, 1.807) is 24.3 Å². The molecule has 1 unspecified atom stereocenters. The van der Waals surface area contributed by atoms with Crippen molar-refractivity contribution in [1.82, 2.24) is 0 Å². The Kier molecular flexibility index (Phi) is 4.97. The van der Waals surface area contributed by atoms with Gasteiger partial charge in [-0.1, -0.05) is 23.7 Å². The number of hydrogen-bond donors (Lipinski definition) is 0. The summed E-state index contributed by atoms with van der Waals surface area (Å²) in [7, 11) is 1.29. The molecule has 17 heavy (non-hydrogen) atoms. The summed E-state index contributed by atoms with van der Waals surface area (Å²) in [4.78, 5) is 22.2. The Morgan fingerprint density at radius 3 is 2.35 bits per heavy atom. The lowest BCUT2D eigenvalue weighted by Gasteiger charge is -2.16. The second kappa shape index (κ2) is 6.25. The minimum atomic E-state index is -0.641. The summed E-state index contributed by atoms with van der Waals surface area (Å²) in [5, 5.41) is 0.577. The Bertz CT molecular complexity index is 399. The zero-order valence-corrected chi connectivity index (χ0v) is 10.4. The van der Waals surface area contributed by atoms with Crippen LogP contribution in [0.25, 0.3) is 0 Å². The summed E-state index contributed by atoms with van der Waals surface area (Å²) in [6.45, 7) is 1.29. The average Bonchev–Trinajstić information content (AvgIpc) is 2.28. The topological polar surface area (TPSA) is 52.6 Å². The quantitative estimate of drug-likeness (QED) is 0.777. The Hall–Kier alpha value is -1.55. The molecule has 1 atom stereocenters. The number of carbonyl (C=O) groups excluding carboxylic acids is 2. The fraction of sp³-hybridized carbons (Fsp3) is 0.333. The van der Waals surface area contributed by atoms with Gasteiger partial charge < -0.3 is 9.47 Å². The van der Waals surface area contributed by atoms with Crippen LogP contribution in [-0.4, -0.2) is 19.0 Å². The van der Waals surface area contributed by atoms with E-state index in [4.69, 9.17) is 16.3 Å². The van der Waals surface area contributed by atoms with Crippen LogP contribution in [0, 0.1) is 0 Å². The monoisotopic (exact) mass is 256 g/mol. The highest BCUT2D eigenvalue weighted by Crippen LogP contribution is 2.23. The highest BCUT2D eigenvalue weighted by molar-refractivity contribution is 6.30. The van der Waals surface area contributed by atoms with Crippen LogP contribution in [0.3, 0.4) is 0 Å². The fourth-order valence-electron chi connectivity index (χ4n) is 1.34. The SMILES string of the molecule is COC(=O)CC(OC(C)=O)c1ccc(Cl)cc1. The molecule has 0 heterocycles. The summed E-state index contributed by atoms with van der Waals surface area (Å²) in [5.41, 5.74) is 0.704. The van der Waals surface area contributed by atoms with Crippen LogP contribution in [0.1, 0.15) is 25.0 Å². The van der Waals surface area contributed by atoms with E-state index in [9.17, 15) is 9.59 Å². The lowest BCUT2D eigenvalue weighted by molar-refractivity contribution is -0.152. The van der Waals surface area contributed by atoms with E-state index < -0.39 is 18.0 Å². The molecule has 0 radical (unpaired) electrons. The van der Waals surface area contributed by atoms with Gasteiger partial charge in [-0.25, -0.2) is 0 Å². The van der Waals surface area contributed by atoms with E-state index in [0.29, 0.717) is 10.6 Å². The number of esters is 2. The van der Waals surface area contributed by atoms with Gasteiger partial charge in [0.1, 0.15) is 6.10 Å². The third-order valence-corrected chi connectivity index (χ3v) is 2.38. The van der Waals surface area contributed by atoms with E-state index >= 15 is 0 Å². The Morgan fingerprint density at radius 1 is 1.29 bits per heavy atom. The zero-order chi connectivity index (χ0) is 12.8. The van der Waals surface area contributed by atoms with Crippen molar-refractivity contribution in [3.8, 4) is 0 Å². The van der Waals surface area contributed by atoms with Crippen molar-refractivity contribution in [2.24, 2.45) is 0 Å². The number of halogens is 1. The first kappa shape index (κ1) is 13.5. The second-order valence-electron chi connectivity index (χ2n) is 3.43. The molecule has 0 saturated heterocycles. The van der Waals surface area contributed by atoms with Crippen molar-refractivity contribution in [2.45, 2.75) is 19.4 Å². The first-order valence-corrected chi connectivity index (χ1v) is 5.40. The van der Waals surface area contributed by atoms with Crippen LogP contribution in [-0.2, 0) is 19.1 Å². The van der Waals surface area contributed by atoms with E-state index in [2.05, 4.69) is 4.74 Å². The number of methoxy groups -OCH3 is 1. The minimum Gasteiger partial charge on any atom is -0.469 e. The predicted octanol–water partition coefficient (Wildman–Crippen LogP) is 2.51. The fourth-order valence-corrected chi connectivity index (χ4v) is 1.47. The van der Waals surface area contributed by atoms with Crippen LogP contribution in [0.4, 0.5) is 0 Å². The molecule has 92 valence electrons. The normalized spacial score (nSPS) is 11.7. The molecular weight excluding hydrogens is 244 g/mol.